The minimum atomic E-state index is -0.796. The summed E-state index contributed by atoms with van der Waals surface area (Å²) >= 11 is 0. The van der Waals surface area contributed by atoms with Crippen LogP contribution in [0.25, 0.3) is 0 Å². The van der Waals surface area contributed by atoms with E-state index in [1.807, 2.05) is 41.5 Å². The topological polar surface area (TPSA) is 59.6 Å². The average molecular weight is 204 g/mol. The van der Waals surface area contributed by atoms with Crippen LogP contribution in [-0.2, 0) is 9.68 Å². The predicted molar refractivity (Wildman–Crippen MR) is 53.3 cm³/mol. The molecule has 2 N–H and O–H groups in total. The summed E-state index contributed by atoms with van der Waals surface area (Å²) in [5.74, 6) is 0. The highest BCUT2D eigenvalue weighted by Gasteiger charge is 2.16. The van der Waals surface area contributed by atoms with Gasteiger partial charge in [-0.3, -0.25) is 0 Å². The molecule has 0 unspecified atom stereocenters. The molecule has 5 heteroatoms. The monoisotopic (exact) mass is 204 g/mol. The van der Waals surface area contributed by atoms with Crippen LogP contribution in [0.2, 0.25) is 0 Å². The van der Waals surface area contributed by atoms with Crippen molar-refractivity contribution in [2.75, 3.05) is 0 Å². The van der Waals surface area contributed by atoms with Crippen LogP contribution in [0, 0.1) is 0 Å². The molecular formula is C9H20N2O3. The molecule has 0 aliphatic rings. The van der Waals surface area contributed by atoms with Crippen molar-refractivity contribution in [3.8, 4) is 0 Å². The first-order valence-corrected chi connectivity index (χ1v) is 4.52. The predicted octanol–water partition coefficient (Wildman–Crippen LogP) is 1.75. The molecule has 0 fully saturated rings. The van der Waals surface area contributed by atoms with Gasteiger partial charge in [0, 0.05) is 11.1 Å². The Labute approximate surface area is 85.1 Å². The molecule has 0 atom stereocenters. The van der Waals surface area contributed by atoms with Crippen molar-refractivity contribution in [1.29, 1.82) is 0 Å². The van der Waals surface area contributed by atoms with Crippen molar-refractivity contribution >= 4 is 6.16 Å². The minimum Gasteiger partial charge on any atom is -0.336 e. The van der Waals surface area contributed by atoms with E-state index in [1.165, 1.54) is 0 Å². The second-order valence-corrected chi connectivity index (χ2v) is 5.16. The molecule has 84 valence electrons. The van der Waals surface area contributed by atoms with E-state index in [4.69, 9.17) is 0 Å². The summed E-state index contributed by atoms with van der Waals surface area (Å²) in [6.07, 6.45) is -0.796. The molecule has 0 spiro atoms. The van der Waals surface area contributed by atoms with Gasteiger partial charge in [0.25, 0.3) is 0 Å². The van der Waals surface area contributed by atoms with Gasteiger partial charge in [0.05, 0.1) is 0 Å². The van der Waals surface area contributed by atoms with Gasteiger partial charge in [0.15, 0.2) is 0 Å². The smallest absolute Gasteiger partial charge is 0.336 e. The summed E-state index contributed by atoms with van der Waals surface area (Å²) < 4.78 is 0. The molecule has 0 aromatic heterocycles. The Hall–Kier alpha value is -0.810. The molecule has 5 nitrogen and oxygen atoms in total. The number of carbonyl (C=O) groups excluding carboxylic acids is 1. The Balaban J connectivity index is 3.68. The fourth-order valence-corrected chi connectivity index (χ4v) is 0.410. The lowest BCUT2D eigenvalue weighted by atomic mass is 10.1. The Morgan fingerprint density at radius 2 is 1.14 bits per heavy atom. The van der Waals surface area contributed by atoms with Crippen molar-refractivity contribution in [3.63, 3.8) is 0 Å². The molecule has 0 aliphatic heterocycles. The Morgan fingerprint density at radius 3 is 1.36 bits per heavy atom. The standard InChI is InChI=1S/C9H20N2O3/c1-8(2,3)10-13-7(12)14-11-9(4,5)6/h10-11H,1-6H3. The SMILES string of the molecule is CC(C)(C)NOC(=O)ONC(C)(C)C. The van der Waals surface area contributed by atoms with Crippen LogP contribution in [0.3, 0.4) is 0 Å². The molecule has 0 amide bonds. The Morgan fingerprint density at radius 1 is 0.857 bits per heavy atom. The van der Waals surface area contributed by atoms with E-state index in [-0.39, 0.29) is 11.1 Å². The van der Waals surface area contributed by atoms with Crippen molar-refractivity contribution < 1.29 is 14.5 Å². The molecule has 0 saturated heterocycles. The number of hydrogen-bond acceptors (Lipinski definition) is 5. The highest BCUT2D eigenvalue weighted by Crippen LogP contribution is 2.00. The fraction of sp³-hybridized carbons (Fsp3) is 0.889. The van der Waals surface area contributed by atoms with Gasteiger partial charge < -0.3 is 9.68 Å². The van der Waals surface area contributed by atoms with Gasteiger partial charge in [0.1, 0.15) is 0 Å². The van der Waals surface area contributed by atoms with Crippen molar-refractivity contribution in [2.24, 2.45) is 0 Å². The van der Waals surface area contributed by atoms with Crippen molar-refractivity contribution in [3.05, 3.63) is 0 Å². The lowest BCUT2D eigenvalue weighted by Gasteiger charge is -2.21. The summed E-state index contributed by atoms with van der Waals surface area (Å²) in [6, 6.07) is 0. The summed E-state index contributed by atoms with van der Waals surface area (Å²) in [5, 5.41) is 0. The van der Waals surface area contributed by atoms with E-state index in [0.29, 0.717) is 0 Å². The van der Waals surface area contributed by atoms with E-state index in [1.54, 1.807) is 0 Å². The van der Waals surface area contributed by atoms with E-state index in [0.717, 1.165) is 0 Å². The van der Waals surface area contributed by atoms with E-state index >= 15 is 0 Å². The third-order valence-corrected chi connectivity index (χ3v) is 0.881. The third kappa shape index (κ3) is 9.28. The molecule has 14 heavy (non-hydrogen) atoms. The average Bonchev–Trinajstić information content (AvgIpc) is 1.94. The van der Waals surface area contributed by atoms with E-state index in [2.05, 4.69) is 20.6 Å². The molecule has 0 aliphatic carbocycles. The first-order valence-electron chi connectivity index (χ1n) is 4.52. The Bertz CT molecular complexity index is 171. The van der Waals surface area contributed by atoms with Crippen LogP contribution in [-0.4, -0.2) is 17.2 Å². The van der Waals surface area contributed by atoms with Crippen LogP contribution in [0.5, 0.6) is 0 Å². The first-order chi connectivity index (χ1) is 6.10. The number of hydrogen-bond donors (Lipinski definition) is 2. The molecule has 0 heterocycles. The Kier molecular flexibility index (Phi) is 4.35. The second kappa shape index (κ2) is 4.61. The largest absolute Gasteiger partial charge is 0.547 e. The van der Waals surface area contributed by atoms with Crippen LogP contribution < -0.4 is 11.0 Å². The van der Waals surface area contributed by atoms with Gasteiger partial charge in [-0.1, -0.05) is 0 Å². The van der Waals surface area contributed by atoms with Crippen LogP contribution >= 0.6 is 0 Å². The van der Waals surface area contributed by atoms with Gasteiger partial charge in [-0.15, -0.1) is 11.0 Å². The first kappa shape index (κ1) is 13.2. The second-order valence-electron chi connectivity index (χ2n) is 5.16. The maximum atomic E-state index is 11.0. The molecular weight excluding hydrogens is 184 g/mol. The number of rotatable bonds is 2. The lowest BCUT2D eigenvalue weighted by molar-refractivity contribution is -0.0493. The van der Waals surface area contributed by atoms with Gasteiger partial charge in [-0.2, -0.15) is 4.79 Å². The summed E-state index contributed by atoms with van der Waals surface area (Å²) in [7, 11) is 0. The fourth-order valence-electron chi connectivity index (χ4n) is 0.410. The van der Waals surface area contributed by atoms with Gasteiger partial charge in [-0.05, 0) is 41.5 Å². The maximum Gasteiger partial charge on any atom is 0.547 e. The molecule has 0 radical (unpaired) electrons. The highest BCUT2D eigenvalue weighted by atomic mass is 16.9. The highest BCUT2D eigenvalue weighted by molar-refractivity contribution is 5.59. The molecule has 0 saturated carbocycles. The summed E-state index contributed by atoms with van der Waals surface area (Å²) in [4.78, 5) is 20.2. The molecule has 0 bridgehead atoms. The van der Waals surface area contributed by atoms with Crippen molar-refractivity contribution in [2.45, 2.75) is 52.6 Å². The minimum absolute atomic E-state index is 0.291. The summed E-state index contributed by atoms with van der Waals surface area (Å²) in [5.41, 5.74) is 4.50. The normalized spacial score (nSPS) is 12.4. The van der Waals surface area contributed by atoms with Gasteiger partial charge in [0.2, 0.25) is 0 Å². The zero-order valence-corrected chi connectivity index (χ0v) is 9.72. The van der Waals surface area contributed by atoms with Crippen LogP contribution in [0.1, 0.15) is 41.5 Å². The maximum absolute atomic E-state index is 11.0. The van der Waals surface area contributed by atoms with Gasteiger partial charge >= 0.3 is 6.16 Å². The quantitative estimate of drug-likeness (QED) is 0.671. The van der Waals surface area contributed by atoms with Crippen molar-refractivity contribution in [1.82, 2.24) is 11.0 Å². The third-order valence-electron chi connectivity index (χ3n) is 0.881. The molecule has 0 aromatic rings. The van der Waals surface area contributed by atoms with Crippen LogP contribution in [0.4, 0.5) is 4.79 Å². The number of carbonyl (C=O) groups is 1. The zero-order chi connectivity index (χ0) is 11.4. The number of hydroxylamine groups is 2. The van der Waals surface area contributed by atoms with E-state index < -0.39 is 6.16 Å². The lowest BCUT2D eigenvalue weighted by Crippen LogP contribution is -2.42. The van der Waals surface area contributed by atoms with E-state index in [9.17, 15) is 4.79 Å². The summed E-state index contributed by atoms with van der Waals surface area (Å²) in [6.45, 7) is 11.2. The zero-order valence-electron chi connectivity index (χ0n) is 9.72. The number of nitrogens with one attached hydrogen (secondary N) is 2. The molecule has 0 aromatic carbocycles. The van der Waals surface area contributed by atoms with Crippen LogP contribution in [0.15, 0.2) is 0 Å². The van der Waals surface area contributed by atoms with Gasteiger partial charge in [-0.25, -0.2) is 0 Å². The molecule has 0 rings (SSSR count).